The summed E-state index contributed by atoms with van der Waals surface area (Å²) >= 11 is 7.46. The maximum Gasteiger partial charge on any atom is 0.271 e. The summed E-state index contributed by atoms with van der Waals surface area (Å²) in [6.45, 7) is 4.06. The van der Waals surface area contributed by atoms with Crippen LogP contribution in [0, 0.1) is 13.8 Å². The molecule has 0 aliphatic heterocycles. The van der Waals surface area contributed by atoms with Gasteiger partial charge in [-0.05, 0) is 80.6 Å². The Labute approximate surface area is 235 Å². The van der Waals surface area contributed by atoms with E-state index in [1.54, 1.807) is 25.5 Å². The van der Waals surface area contributed by atoms with E-state index in [1.807, 2.05) is 86.0 Å². The number of methoxy groups -OCH3 is 1. The zero-order valence-corrected chi connectivity index (χ0v) is 23.2. The average Bonchev–Trinajstić information content (AvgIpc) is 3.53. The number of benzene rings is 3. The fraction of sp³-hybridized carbons (Fsp3) is 0.100. The van der Waals surface area contributed by atoms with E-state index in [0.29, 0.717) is 10.6 Å². The summed E-state index contributed by atoms with van der Waals surface area (Å²) < 4.78 is 7.39. The maximum absolute atomic E-state index is 12.7. The monoisotopic (exact) mass is 555 g/mol. The number of hydrazone groups is 1. The molecule has 0 radical (unpaired) electrons. The van der Waals surface area contributed by atoms with Crippen molar-refractivity contribution in [2.24, 2.45) is 5.10 Å². The number of nitrogens with zero attached hydrogens (tertiary/aromatic N) is 3. The standard InChI is InChI=1S/C30H26ClN5O2S/c1-19-16-23(20(2)36(19)26-12-14-27(38-3)15-13-26)17-32-35-29(37)22-6-4-21(5-7-22)28-18-39-30(34-28)33-25-10-8-24(31)9-11-25/h4-18H,1-3H3,(H,33,34)(H,35,37)/b32-17-. The van der Waals surface area contributed by atoms with Crippen molar-refractivity contribution in [3.8, 4) is 22.7 Å². The highest BCUT2D eigenvalue weighted by Gasteiger charge is 2.11. The smallest absolute Gasteiger partial charge is 0.271 e. The predicted octanol–water partition coefficient (Wildman–Crippen LogP) is 7.39. The molecule has 2 aromatic heterocycles. The molecule has 0 spiro atoms. The average molecular weight is 556 g/mol. The van der Waals surface area contributed by atoms with E-state index in [0.717, 1.165) is 50.5 Å². The van der Waals surface area contributed by atoms with Gasteiger partial charge in [0.15, 0.2) is 5.13 Å². The van der Waals surface area contributed by atoms with Crippen LogP contribution in [-0.4, -0.2) is 28.8 Å². The second-order valence-corrected chi connectivity index (χ2v) is 10.1. The zero-order chi connectivity index (χ0) is 27.4. The van der Waals surface area contributed by atoms with Gasteiger partial charge in [-0.25, -0.2) is 10.4 Å². The maximum atomic E-state index is 12.7. The van der Waals surface area contributed by atoms with Gasteiger partial charge in [0.25, 0.3) is 5.91 Å². The number of carbonyl (C=O) groups excluding carboxylic acids is 1. The molecule has 2 heterocycles. The Bertz CT molecular complexity index is 1620. The van der Waals surface area contributed by atoms with Gasteiger partial charge >= 0.3 is 0 Å². The molecule has 7 nitrogen and oxygen atoms in total. The number of hydrogen-bond acceptors (Lipinski definition) is 6. The van der Waals surface area contributed by atoms with E-state index in [-0.39, 0.29) is 5.91 Å². The summed E-state index contributed by atoms with van der Waals surface area (Å²) in [4.78, 5) is 17.3. The van der Waals surface area contributed by atoms with Crippen molar-refractivity contribution in [2.45, 2.75) is 13.8 Å². The summed E-state index contributed by atoms with van der Waals surface area (Å²) in [5.41, 5.74) is 9.83. The van der Waals surface area contributed by atoms with Crippen molar-refractivity contribution in [3.05, 3.63) is 112 Å². The molecule has 0 unspecified atom stereocenters. The van der Waals surface area contributed by atoms with Crippen LogP contribution < -0.4 is 15.5 Å². The molecule has 0 aliphatic carbocycles. The number of carbonyl (C=O) groups is 1. The third-order valence-corrected chi connectivity index (χ3v) is 7.22. The summed E-state index contributed by atoms with van der Waals surface area (Å²) in [6.07, 6.45) is 1.67. The molecular formula is C30H26ClN5O2S. The molecule has 5 aromatic rings. The quantitative estimate of drug-likeness (QED) is 0.154. The molecule has 0 fully saturated rings. The van der Waals surface area contributed by atoms with E-state index in [4.69, 9.17) is 16.3 Å². The van der Waals surface area contributed by atoms with Crippen molar-refractivity contribution in [1.29, 1.82) is 0 Å². The lowest BCUT2D eigenvalue weighted by Gasteiger charge is -2.10. The number of aromatic nitrogens is 2. The number of amides is 1. The number of halogens is 1. The van der Waals surface area contributed by atoms with Crippen LogP contribution in [0.3, 0.4) is 0 Å². The second-order valence-electron chi connectivity index (χ2n) is 8.81. The minimum atomic E-state index is -0.287. The lowest BCUT2D eigenvalue weighted by Crippen LogP contribution is -2.17. The lowest BCUT2D eigenvalue weighted by atomic mass is 10.1. The highest BCUT2D eigenvalue weighted by molar-refractivity contribution is 7.14. The van der Waals surface area contributed by atoms with Gasteiger partial charge in [0, 0.05) is 49.9 Å². The Morgan fingerprint density at radius 1 is 1.03 bits per heavy atom. The summed E-state index contributed by atoms with van der Waals surface area (Å²) in [5, 5.41) is 10.9. The fourth-order valence-electron chi connectivity index (χ4n) is 4.18. The van der Waals surface area contributed by atoms with Gasteiger partial charge in [-0.2, -0.15) is 5.10 Å². The first kappa shape index (κ1) is 26.2. The Morgan fingerprint density at radius 3 is 2.44 bits per heavy atom. The predicted molar refractivity (Wildman–Crippen MR) is 159 cm³/mol. The number of hydrogen-bond donors (Lipinski definition) is 2. The van der Waals surface area contributed by atoms with Gasteiger partial charge in [-0.3, -0.25) is 4.79 Å². The summed E-state index contributed by atoms with van der Waals surface area (Å²) in [6, 6.07) is 24.7. The summed E-state index contributed by atoms with van der Waals surface area (Å²) in [5.74, 6) is 0.520. The molecule has 0 bridgehead atoms. The SMILES string of the molecule is COc1ccc(-n2c(C)cc(/C=N\NC(=O)c3ccc(-c4csc(Nc5ccc(Cl)cc5)n4)cc3)c2C)cc1. The van der Waals surface area contributed by atoms with Crippen LogP contribution >= 0.6 is 22.9 Å². The molecular weight excluding hydrogens is 530 g/mol. The van der Waals surface area contributed by atoms with Crippen LogP contribution in [0.2, 0.25) is 5.02 Å². The Balaban J connectivity index is 1.22. The molecule has 0 saturated carbocycles. The van der Waals surface area contributed by atoms with Crippen molar-refractivity contribution >= 4 is 45.9 Å². The third-order valence-electron chi connectivity index (χ3n) is 6.21. The molecule has 9 heteroatoms. The van der Waals surface area contributed by atoms with Crippen LogP contribution in [0.25, 0.3) is 16.9 Å². The van der Waals surface area contributed by atoms with Crippen LogP contribution in [-0.2, 0) is 0 Å². The van der Waals surface area contributed by atoms with Gasteiger partial charge in [-0.15, -0.1) is 11.3 Å². The number of rotatable bonds is 8. The van der Waals surface area contributed by atoms with E-state index in [1.165, 1.54) is 11.3 Å². The Morgan fingerprint density at radius 2 is 1.74 bits per heavy atom. The topological polar surface area (TPSA) is 80.5 Å². The van der Waals surface area contributed by atoms with E-state index in [2.05, 4.69) is 25.4 Å². The highest BCUT2D eigenvalue weighted by atomic mass is 35.5. The molecule has 0 saturated heterocycles. The van der Waals surface area contributed by atoms with E-state index < -0.39 is 0 Å². The Kier molecular flexibility index (Phi) is 7.76. The van der Waals surface area contributed by atoms with Crippen molar-refractivity contribution in [1.82, 2.24) is 15.0 Å². The summed E-state index contributed by atoms with van der Waals surface area (Å²) in [7, 11) is 1.65. The van der Waals surface area contributed by atoms with E-state index in [9.17, 15) is 4.79 Å². The van der Waals surface area contributed by atoms with Gasteiger partial charge in [-0.1, -0.05) is 23.7 Å². The molecule has 5 rings (SSSR count). The van der Waals surface area contributed by atoms with Gasteiger partial charge in [0.1, 0.15) is 5.75 Å². The normalized spacial score (nSPS) is 11.1. The van der Waals surface area contributed by atoms with Gasteiger partial charge < -0.3 is 14.6 Å². The number of nitrogens with one attached hydrogen (secondary N) is 2. The minimum absolute atomic E-state index is 0.287. The lowest BCUT2D eigenvalue weighted by molar-refractivity contribution is 0.0955. The number of thiazole rings is 1. The molecule has 39 heavy (non-hydrogen) atoms. The van der Waals surface area contributed by atoms with E-state index >= 15 is 0 Å². The van der Waals surface area contributed by atoms with Crippen LogP contribution in [0.5, 0.6) is 5.75 Å². The van der Waals surface area contributed by atoms with Crippen LogP contribution in [0.15, 0.2) is 89.3 Å². The van der Waals surface area contributed by atoms with Gasteiger partial charge in [0.2, 0.25) is 0 Å². The number of ether oxygens (including phenoxy) is 1. The fourth-order valence-corrected chi connectivity index (χ4v) is 5.05. The molecule has 2 N–H and O–H groups in total. The van der Waals surface area contributed by atoms with Crippen LogP contribution in [0.1, 0.15) is 27.3 Å². The first-order valence-corrected chi connectivity index (χ1v) is 13.4. The van der Waals surface area contributed by atoms with Gasteiger partial charge in [0.05, 0.1) is 19.0 Å². The first-order chi connectivity index (χ1) is 18.9. The largest absolute Gasteiger partial charge is 0.497 e. The van der Waals surface area contributed by atoms with Crippen LogP contribution in [0.4, 0.5) is 10.8 Å². The minimum Gasteiger partial charge on any atom is -0.497 e. The first-order valence-electron chi connectivity index (χ1n) is 12.2. The highest BCUT2D eigenvalue weighted by Crippen LogP contribution is 2.28. The third kappa shape index (κ3) is 6.03. The Hall–Kier alpha value is -4.40. The van der Waals surface area contributed by atoms with Crippen molar-refractivity contribution in [3.63, 3.8) is 0 Å². The van der Waals surface area contributed by atoms with Crippen molar-refractivity contribution in [2.75, 3.05) is 12.4 Å². The number of anilines is 2. The molecule has 0 atom stereocenters. The second kappa shape index (κ2) is 11.6. The zero-order valence-electron chi connectivity index (χ0n) is 21.6. The number of aryl methyl sites for hydroxylation is 1. The molecule has 3 aromatic carbocycles. The van der Waals surface area contributed by atoms with Crippen molar-refractivity contribution < 1.29 is 9.53 Å². The molecule has 196 valence electrons. The molecule has 0 aliphatic rings. The molecule has 1 amide bonds.